The van der Waals surface area contributed by atoms with Crippen molar-refractivity contribution in [3.63, 3.8) is 0 Å². The summed E-state index contributed by atoms with van der Waals surface area (Å²) in [6, 6.07) is -0.463. The predicted molar refractivity (Wildman–Crippen MR) is 50.6 cm³/mol. The molecule has 74 valence electrons. The molecule has 0 bridgehead atoms. The molecule has 1 aromatic rings. The normalized spacial score (nSPS) is 20.6. The molecule has 0 spiro atoms. The van der Waals surface area contributed by atoms with Gasteiger partial charge in [0.15, 0.2) is 5.82 Å². The molecule has 0 aliphatic carbocycles. The average Bonchev–Trinajstić information content (AvgIpc) is 2.41. The number of nitrogens with zero attached hydrogens (tertiary/aromatic N) is 3. The summed E-state index contributed by atoms with van der Waals surface area (Å²) in [5.74, 6) is 0.380. The lowest BCUT2D eigenvalue weighted by Gasteiger charge is -2.18. The molecule has 1 unspecified atom stereocenters. The predicted octanol–water partition coefficient (Wildman–Crippen LogP) is 0.807. The maximum absolute atomic E-state index is 11.4. The second-order valence-corrected chi connectivity index (χ2v) is 3.43. The number of fused-ring (bicyclic) bond motifs is 1. The molecule has 5 heteroatoms. The number of amides is 1. The number of rotatable bonds is 0. The summed E-state index contributed by atoms with van der Waals surface area (Å²) in [5.41, 5.74) is 1.08. The molecule has 2 rings (SSSR count). The van der Waals surface area contributed by atoms with Crippen LogP contribution in [0.4, 0.5) is 0 Å². The van der Waals surface area contributed by atoms with Crippen LogP contribution < -0.4 is 0 Å². The van der Waals surface area contributed by atoms with E-state index in [-0.39, 0.29) is 11.8 Å². The van der Waals surface area contributed by atoms with Crippen molar-refractivity contribution in [3.05, 3.63) is 11.5 Å². The molecule has 0 saturated carbocycles. The number of carbonyl (C=O) groups excluding carboxylic acids is 1. The third-order valence-electron chi connectivity index (χ3n) is 2.40. The Labute approximate surface area is 81.1 Å². The smallest absolute Gasteiger partial charge is 0.268 e. The minimum Gasteiger partial charge on any atom is -0.493 e. The first kappa shape index (κ1) is 8.93. The SMILES string of the molecule is CC1=NC(=O)C(C)n2c1nc(C)c2O. The molecule has 2 heterocycles. The van der Waals surface area contributed by atoms with Gasteiger partial charge in [0.1, 0.15) is 6.04 Å². The van der Waals surface area contributed by atoms with Crippen LogP contribution in [0.5, 0.6) is 5.88 Å². The fraction of sp³-hybridized carbons (Fsp3) is 0.444. The third-order valence-corrected chi connectivity index (χ3v) is 2.40. The van der Waals surface area contributed by atoms with E-state index in [1.807, 2.05) is 0 Å². The van der Waals surface area contributed by atoms with Crippen LogP contribution in [0.25, 0.3) is 0 Å². The lowest BCUT2D eigenvalue weighted by molar-refractivity contribution is -0.120. The van der Waals surface area contributed by atoms with Crippen molar-refractivity contribution in [1.29, 1.82) is 0 Å². The van der Waals surface area contributed by atoms with Crippen LogP contribution in [0.15, 0.2) is 4.99 Å². The summed E-state index contributed by atoms with van der Waals surface area (Å²) in [6.07, 6.45) is 0. The van der Waals surface area contributed by atoms with Gasteiger partial charge in [-0.1, -0.05) is 0 Å². The zero-order chi connectivity index (χ0) is 10.5. The molecule has 0 fully saturated rings. The molecule has 1 atom stereocenters. The van der Waals surface area contributed by atoms with Gasteiger partial charge in [0, 0.05) is 0 Å². The molecule has 0 radical (unpaired) electrons. The summed E-state index contributed by atoms with van der Waals surface area (Å²) >= 11 is 0. The first-order valence-electron chi connectivity index (χ1n) is 4.39. The lowest BCUT2D eigenvalue weighted by Crippen LogP contribution is -2.25. The first-order valence-corrected chi connectivity index (χ1v) is 4.39. The van der Waals surface area contributed by atoms with Gasteiger partial charge < -0.3 is 5.11 Å². The monoisotopic (exact) mass is 193 g/mol. The Morgan fingerprint density at radius 3 is 2.71 bits per heavy atom. The van der Waals surface area contributed by atoms with Crippen LogP contribution in [-0.2, 0) is 4.79 Å². The highest BCUT2D eigenvalue weighted by atomic mass is 16.3. The van der Waals surface area contributed by atoms with Crippen molar-refractivity contribution in [1.82, 2.24) is 9.55 Å². The molecular formula is C9H11N3O2. The van der Waals surface area contributed by atoms with Crippen LogP contribution in [0.2, 0.25) is 0 Å². The first-order chi connectivity index (χ1) is 6.52. The minimum absolute atomic E-state index is 0.0510. The number of carbonyl (C=O) groups is 1. The van der Waals surface area contributed by atoms with Gasteiger partial charge in [0.05, 0.1) is 11.4 Å². The molecule has 0 saturated heterocycles. The van der Waals surface area contributed by atoms with Crippen LogP contribution >= 0.6 is 0 Å². The fourth-order valence-corrected chi connectivity index (χ4v) is 1.58. The minimum atomic E-state index is -0.463. The molecule has 1 aliphatic rings. The highest BCUT2D eigenvalue weighted by Crippen LogP contribution is 2.27. The standard InChI is InChI=1S/C9H11N3O2/c1-4-7-10-5(2)9(14)12(7)6(3)8(13)11-4/h6,14H,1-3H3. The maximum Gasteiger partial charge on any atom is 0.268 e. The van der Waals surface area contributed by atoms with Crippen LogP contribution in [0.3, 0.4) is 0 Å². The Hall–Kier alpha value is -1.65. The zero-order valence-corrected chi connectivity index (χ0v) is 8.27. The molecule has 1 aromatic heterocycles. The van der Waals surface area contributed by atoms with Crippen LogP contribution in [0.1, 0.15) is 31.4 Å². The van der Waals surface area contributed by atoms with E-state index in [0.29, 0.717) is 17.2 Å². The Balaban J connectivity index is 2.72. The summed E-state index contributed by atoms with van der Waals surface area (Å²) in [7, 11) is 0. The number of aliphatic imine (C=N–C) groups is 1. The van der Waals surface area contributed by atoms with Gasteiger partial charge >= 0.3 is 0 Å². The van der Waals surface area contributed by atoms with Gasteiger partial charge in [-0.05, 0) is 20.8 Å². The Morgan fingerprint density at radius 1 is 1.43 bits per heavy atom. The second kappa shape index (κ2) is 2.67. The number of hydrogen-bond acceptors (Lipinski definition) is 3. The van der Waals surface area contributed by atoms with Crippen LogP contribution in [-0.4, -0.2) is 26.3 Å². The van der Waals surface area contributed by atoms with E-state index in [1.165, 1.54) is 4.57 Å². The van der Waals surface area contributed by atoms with Crippen molar-refractivity contribution in [2.24, 2.45) is 4.99 Å². The van der Waals surface area contributed by atoms with Gasteiger partial charge in [-0.3, -0.25) is 9.36 Å². The Bertz CT molecular complexity index is 445. The second-order valence-electron chi connectivity index (χ2n) is 3.43. The Morgan fingerprint density at radius 2 is 2.07 bits per heavy atom. The van der Waals surface area contributed by atoms with Crippen LogP contribution in [0, 0.1) is 6.92 Å². The Kier molecular flexibility index (Phi) is 1.70. The maximum atomic E-state index is 11.4. The van der Waals surface area contributed by atoms with Crippen molar-refractivity contribution < 1.29 is 9.90 Å². The van der Waals surface area contributed by atoms with Gasteiger partial charge in [0.2, 0.25) is 5.88 Å². The van der Waals surface area contributed by atoms with Gasteiger partial charge in [0.25, 0.3) is 5.91 Å². The topological polar surface area (TPSA) is 67.5 Å². The van der Waals surface area contributed by atoms with Crippen molar-refractivity contribution in [2.45, 2.75) is 26.8 Å². The van der Waals surface area contributed by atoms with Gasteiger partial charge in [-0.2, -0.15) is 0 Å². The molecule has 0 aromatic carbocycles. The quantitative estimate of drug-likeness (QED) is 0.662. The van der Waals surface area contributed by atoms with Crippen molar-refractivity contribution >= 4 is 11.6 Å². The number of aromatic nitrogens is 2. The molecule has 1 N–H and O–H groups in total. The number of hydrogen-bond donors (Lipinski definition) is 1. The molecule has 1 amide bonds. The number of imidazole rings is 1. The van der Waals surface area contributed by atoms with Crippen molar-refractivity contribution in [2.75, 3.05) is 0 Å². The van der Waals surface area contributed by atoms with Gasteiger partial charge in [-0.15, -0.1) is 0 Å². The van der Waals surface area contributed by atoms with E-state index < -0.39 is 6.04 Å². The highest BCUT2D eigenvalue weighted by molar-refractivity contribution is 6.06. The van der Waals surface area contributed by atoms with E-state index in [1.54, 1.807) is 20.8 Å². The van der Waals surface area contributed by atoms with Crippen molar-refractivity contribution in [3.8, 4) is 5.88 Å². The van der Waals surface area contributed by atoms with E-state index in [4.69, 9.17) is 0 Å². The number of aromatic hydroxyl groups is 1. The molecule has 14 heavy (non-hydrogen) atoms. The summed E-state index contributed by atoms with van der Waals surface area (Å²) in [6.45, 7) is 5.11. The summed E-state index contributed by atoms with van der Waals surface area (Å²) in [4.78, 5) is 19.4. The average molecular weight is 193 g/mol. The zero-order valence-electron chi connectivity index (χ0n) is 8.27. The summed E-state index contributed by atoms with van der Waals surface area (Å²) in [5, 5.41) is 9.68. The van der Waals surface area contributed by atoms with Gasteiger partial charge in [-0.25, -0.2) is 9.98 Å². The van der Waals surface area contributed by atoms with E-state index >= 15 is 0 Å². The third kappa shape index (κ3) is 0.982. The number of aryl methyl sites for hydroxylation is 1. The van der Waals surface area contributed by atoms with E-state index in [2.05, 4.69) is 9.98 Å². The molecular weight excluding hydrogens is 182 g/mol. The van der Waals surface area contributed by atoms with E-state index in [9.17, 15) is 9.90 Å². The lowest BCUT2D eigenvalue weighted by atomic mass is 10.2. The van der Waals surface area contributed by atoms with E-state index in [0.717, 1.165) is 0 Å². The largest absolute Gasteiger partial charge is 0.493 e. The molecule has 5 nitrogen and oxygen atoms in total. The highest BCUT2D eigenvalue weighted by Gasteiger charge is 2.28. The fourth-order valence-electron chi connectivity index (χ4n) is 1.58. The summed E-state index contributed by atoms with van der Waals surface area (Å²) < 4.78 is 1.51. The molecule has 1 aliphatic heterocycles.